The molecule has 1 spiro atoms. The second-order valence-corrected chi connectivity index (χ2v) is 8.80. The van der Waals surface area contributed by atoms with Crippen molar-refractivity contribution in [3.63, 3.8) is 0 Å². The first-order valence-electron chi connectivity index (χ1n) is 11.0. The molecule has 3 aliphatic rings. The molecule has 3 heterocycles. The zero-order chi connectivity index (χ0) is 24.0. The summed E-state index contributed by atoms with van der Waals surface area (Å²) in [6, 6.07) is 1.50. The van der Waals surface area contributed by atoms with Crippen LogP contribution in [0.25, 0.3) is 11.5 Å². The molecule has 0 bridgehead atoms. The quantitative estimate of drug-likeness (QED) is 0.652. The first kappa shape index (κ1) is 22.8. The number of methoxy groups -OCH3 is 1. The number of aliphatic hydroxyl groups excluding tert-OH is 1. The van der Waals surface area contributed by atoms with Gasteiger partial charge < -0.3 is 28.5 Å². The van der Waals surface area contributed by atoms with Crippen LogP contribution in [0, 0.1) is 0 Å². The Morgan fingerprint density at radius 1 is 1.29 bits per heavy atom. The number of rotatable bonds is 5. The largest absolute Gasteiger partial charge is 0.507 e. The van der Waals surface area contributed by atoms with Gasteiger partial charge in [0.05, 0.1) is 17.7 Å². The number of carbonyl (C=O) groups is 2. The lowest BCUT2D eigenvalue weighted by Gasteiger charge is -2.28. The lowest BCUT2D eigenvalue weighted by atomic mass is 9.83. The SMILES string of the molecule is COc1cc(-c2nnc(C(C)OC3CCCCO3)o2)c(Cl)c2c1C(=O)[C@@]1(CCC(=O)C=C1O)O2. The Bertz CT molecular complexity index is 1190. The van der Waals surface area contributed by atoms with Gasteiger partial charge in [-0.25, -0.2) is 0 Å². The number of benzene rings is 1. The van der Waals surface area contributed by atoms with Crippen LogP contribution in [-0.2, 0) is 14.3 Å². The van der Waals surface area contributed by atoms with Crippen LogP contribution in [0.5, 0.6) is 11.5 Å². The van der Waals surface area contributed by atoms with E-state index in [1.54, 1.807) is 6.92 Å². The second-order valence-electron chi connectivity index (χ2n) is 8.42. The van der Waals surface area contributed by atoms with Crippen molar-refractivity contribution < 1.29 is 38.1 Å². The van der Waals surface area contributed by atoms with Gasteiger partial charge in [-0.3, -0.25) is 9.59 Å². The summed E-state index contributed by atoms with van der Waals surface area (Å²) in [4.78, 5) is 25.0. The summed E-state index contributed by atoms with van der Waals surface area (Å²) in [6.45, 7) is 2.43. The number of aliphatic hydroxyl groups is 1. The number of aromatic nitrogens is 2. The summed E-state index contributed by atoms with van der Waals surface area (Å²) in [7, 11) is 1.39. The van der Waals surface area contributed by atoms with Gasteiger partial charge in [-0.2, -0.15) is 0 Å². The van der Waals surface area contributed by atoms with Crippen LogP contribution in [0.15, 0.2) is 22.3 Å². The molecule has 1 saturated heterocycles. The van der Waals surface area contributed by atoms with Crippen molar-refractivity contribution in [3.05, 3.63) is 34.4 Å². The first-order chi connectivity index (χ1) is 16.3. The Balaban J connectivity index is 1.48. The molecule has 10 nitrogen and oxygen atoms in total. The van der Waals surface area contributed by atoms with Crippen LogP contribution >= 0.6 is 11.6 Å². The molecule has 5 rings (SSSR count). The Kier molecular flexibility index (Phi) is 5.83. The summed E-state index contributed by atoms with van der Waals surface area (Å²) in [6.07, 6.45) is 3.02. The van der Waals surface area contributed by atoms with Crippen LogP contribution in [-0.4, -0.2) is 52.5 Å². The summed E-state index contributed by atoms with van der Waals surface area (Å²) in [5.74, 6) is -0.773. The number of ketones is 2. The summed E-state index contributed by atoms with van der Waals surface area (Å²) >= 11 is 6.63. The second kappa shape index (κ2) is 8.68. The van der Waals surface area contributed by atoms with Crippen molar-refractivity contribution in [1.29, 1.82) is 0 Å². The van der Waals surface area contributed by atoms with E-state index >= 15 is 0 Å². The Morgan fingerprint density at radius 3 is 2.82 bits per heavy atom. The fourth-order valence-corrected chi connectivity index (χ4v) is 4.64. The van der Waals surface area contributed by atoms with E-state index in [-0.39, 0.29) is 64.3 Å². The van der Waals surface area contributed by atoms with Gasteiger partial charge >= 0.3 is 0 Å². The van der Waals surface area contributed by atoms with Gasteiger partial charge in [0.15, 0.2) is 17.8 Å². The minimum absolute atomic E-state index is 0.0146. The standard InChI is InChI=1S/C23H23ClN2O8/c1-11(32-16-5-3-4-8-31-16)21-25-26-22(33-21)13-10-14(30-2)17-19(18(13)24)34-23(20(17)29)7-6-12(27)9-15(23)28/h9-11,16,28H,3-8H2,1-2H3/t11?,16?,23-/m0/s1. The van der Waals surface area contributed by atoms with Gasteiger partial charge in [-0.15, -0.1) is 10.2 Å². The molecule has 0 saturated carbocycles. The normalized spacial score (nSPS) is 25.1. The predicted octanol–water partition coefficient (Wildman–Crippen LogP) is 4.12. The lowest BCUT2D eigenvalue weighted by Crippen LogP contribution is -2.45. The molecule has 0 amide bonds. The van der Waals surface area contributed by atoms with Gasteiger partial charge in [-0.1, -0.05) is 11.6 Å². The van der Waals surface area contributed by atoms with E-state index in [0.717, 1.165) is 25.3 Å². The van der Waals surface area contributed by atoms with Crippen molar-refractivity contribution in [2.75, 3.05) is 13.7 Å². The van der Waals surface area contributed by atoms with E-state index in [1.807, 2.05) is 0 Å². The number of fused-ring (bicyclic) bond motifs is 1. The van der Waals surface area contributed by atoms with Gasteiger partial charge in [0.1, 0.15) is 23.2 Å². The van der Waals surface area contributed by atoms with E-state index in [1.165, 1.54) is 13.2 Å². The van der Waals surface area contributed by atoms with Crippen LogP contribution in [0.3, 0.4) is 0 Å². The van der Waals surface area contributed by atoms with Gasteiger partial charge in [0.2, 0.25) is 23.2 Å². The summed E-state index contributed by atoms with van der Waals surface area (Å²) in [5.41, 5.74) is -1.34. The summed E-state index contributed by atoms with van der Waals surface area (Å²) < 4.78 is 28.7. The van der Waals surface area contributed by atoms with Crippen molar-refractivity contribution >= 4 is 23.2 Å². The molecule has 2 aliphatic heterocycles. The Morgan fingerprint density at radius 2 is 2.12 bits per heavy atom. The van der Waals surface area contributed by atoms with E-state index in [2.05, 4.69) is 10.2 Å². The van der Waals surface area contributed by atoms with Crippen LogP contribution < -0.4 is 9.47 Å². The number of hydrogen-bond acceptors (Lipinski definition) is 10. The van der Waals surface area contributed by atoms with Crippen molar-refractivity contribution in [2.24, 2.45) is 0 Å². The maximum atomic E-state index is 13.3. The Hall–Kier alpha value is -2.95. The molecule has 34 heavy (non-hydrogen) atoms. The van der Waals surface area contributed by atoms with Crippen LogP contribution in [0.2, 0.25) is 5.02 Å². The number of nitrogens with zero attached hydrogens (tertiary/aromatic N) is 2. The van der Waals surface area contributed by atoms with Crippen LogP contribution in [0.4, 0.5) is 0 Å². The highest BCUT2D eigenvalue weighted by Crippen LogP contribution is 2.52. The molecule has 1 aromatic carbocycles. The lowest BCUT2D eigenvalue weighted by molar-refractivity contribution is -0.190. The third-order valence-electron chi connectivity index (χ3n) is 6.22. The molecule has 1 aliphatic carbocycles. The monoisotopic (exact) mass is 490 g/mol. The smallest absolute Gasteiger partial charge is 0.249 e. The van der Waals surface area contributed by atoms with Crippen molar-refractivity contribution in [3.8, 4) is 23.0 Å². The minimum atomic E-state index is -1.71. The van der Waals surface area contributed by atoms with Crippen LogP contribution in [0.1, 0.15) is 61.4 Å². The molecule has 2 aromatic rings. The minimum Gasteiger partial charge on any atom is -0.507 e. The zero-order valence-electron chi connectivity index (χ0n) is 18.6. The predicted molar refractivity (Wildman–Crippen MR) is 117 cm³/mol. The van der Waals surface area contributed by atoms with E-state index in [0.29, 0.717) is 6.61 Å². The van der Waals surface area contributed by atoms with E-state index < -0.39 is 23.2 Å². The van der Waals surface area contributed by atoms with Crippen molar-refractivity contribution in [2.45, 2.75) is 57.0 Å². The van der Waals surface area contributed by atoms with Crippen molar-refractivity contribution in [1.82, 2.24) is 10.2 Å². The number of carbonyl (C=O) groups excluding carboxylic acids is 2. The fraction of sp³-hybridized carbons (Fsp3) is 0.478. The fourth-order valence-electron chi connectivity index (χ4n) is 4.37. The molecule has 1 aromatic heterocycles. The first-order valence-corrected chi connectivity index (χ1v) is 11.4. The molecule has 180 valence electrons. The number of allylic oxidation sites excluding steroid dienone is 1. The molecular formula is C23H23ClN2O8. The van der Waals surface area contributed by atoms with Gasteiger partial charge in [0, 0.05) is 25.5 Å². The molecule has 1 N–H and O–H groups in total. The average molecular weight is 491 g/mol. The summed E-state index contributed by atoms with van der Waals surface area (Å²) in [5, 5.41) is 18.7. The molecule has 11 heteroatoms. The molecule has 1 fully saturated rings. The highest BCUT2D eigenvalue weighted by Gasteiger charge is 2.55. The molecule has 2 unspecified atom stereocenters. The Labute approximate surface area is 199 Å². The third kappa shape index (κ3) is 3.66. The topological polar surface area (TPSA) is 130 Å². The highest BCUT2D eigenvalue weighted by molar-refractivity contribution is 6.36. The maximum absolute atomic E-state index is 13.3. The molecule has 0 radical (unpaired) electrons. The third-order valence-corrected chi connectivity index (χ3v) is 6.60. The molecule has 3 atom stereocenters. The highest BCUT2D eigenvalue weighted by atomic mass is 35.5. The number of halogens is 1. The maximum Gasteiger partial charge on any atom is 0.249 e. The van der Waals surface area contributed by atoms with Gasteiger partial charge in [-0.05, 0) is 32.3 Å². The number of hydrogen-bond donors (Lipinski definition) is 1. The van der Waals surface area contributed by atoms with E-state index in [9.17, 15) is 14.7 Å². The average Bonchev–Trinajstić information content (AvgIpc) is 3.43. The number of ether oxygens (including phenoxy) is 4. The van der Waals surface area contributed by atoms with Gasteiger partial charge in [0.25, 0.3) is 0 Å². The zero-order valence-corrected chi connectivity index (χ0v) is 19.4. The number of Topliss-reactive ketones (excluding diaryl/α,β-unsaturated/α-hetero) is 1. The molecular weight excluding hydrogens is 468 g/mol. The van der Waals surface area contributed by atoms with E-state index in [4.69, 9.17) is 35.0 Å².